The van der Waals surface area contributed by atoms with Crippen molar-refractivity contribution in [3.8, 4) is 0 Å². The lowest BCUT2D eigenvalue weighted by Crippen LogP contribution is -2.22. The van der Waals surface area contributed by atoms with Crippen LogP contribution in [-0.4, -0.2) is 24.6 Å². The molecule has 0 saturated carbocycles. The molecule has 0 unspecified atom stereocenters. The molecule has 1 aromatic rings. The van der Waals surface area contributed by atoms with Crippen LogP contribution in [0.15, 0.2) is 28.2 Å². The first-order chi connectivity index (χ1) is 8.29. The highest BCUT2D eigenvalue weighted by molar-refractivity contribution is 7.86. The predicted octanol–water partition coefficient (Wildman–Crippen LogP) is 0.628. The van der Waals surface area contributed by atoms with Gasteiger partial charge in [-0.05, 0) is 25.1 Å². The molecule has 0 aliphatic carbocycles. The molecule has 1 heterocycles. The Morgan fingerprint density at radius 2 is 2.11 bits per heavy atom. The molecule has 0 fully saturated rings. The van der Waals surface area contributed by atoms with Crippen LogP contribution in [0.5, 0.6) is 0 Å². The first-order valence-electron chi connectivity index (χ1n) is 5.03. The second kappa shape index (κ2) is 4.07. The number of anilines is 2. The normalized spacial score (nSPS) is 16.0. The number of benzene rings is 1. The number of nitrogen functional groups attached to an aromatic ring is 1. The molecular formula is C10H11N3O4S. The van der Waals surface area contributed by atoms with Crippen LogP contribution in [0.2, 0.25) is 0 Å². The molecule has 8 heteroatoms. The minimum Gasteiger partial charge on any atom is -0.399 e. The monoisotopic (exact) mass is 269 g/mol. The molecule has 0 atom stereocenters. The minimum atomic E-state index is -4.45. The minimum absolute atomic E-state index is 0.0423. The Kier molecular flexibility index (Phi) is 2.83. The van der Waals surface area contributed by atoms with Crippen molar-refractivity contribution in [2.75, 3.05) is 10.7 Å². The van der Waals surface area contributed by atoms with Crippen molar-refractivity contribution >= 4 is 33.1 Å². The van der Waals surface area contributed by atoms with E-state index in [0.29, 0.717) is 5.71 Å². The Hall–Kier alpha value is -1.93. The summed E-state index contributed by atoms with van der Waals surface area (Å²) in [6, 6.07) is 3.74. The molecule has 7 nitrogen and oxygen atoms in total. The smallest absolute Gasteiger partial charge is 0.296 e. The molecule has 18 heavy (non-hydrogen) atoms. The summed E-state index contributed by atoms with van der Waals surface area (Å²) < 4.78 is 31.6. The van der Waals surface area contributed by atoms with Gasteiger partial charge in [0.25, 0.3) is 16.0 Å². The van der Waals surface area contributed by atoms with Crippen molar-refractivity contribution in [2.24, 2.45) is 5.10 Å². The summed E-state index contributed by atoms with van der Waals surface area (Å²) in [5.41, 5.74) is 6.34. The average Bonchev–Trinajstić information content (AvgIpc) is 2.55. The third-order valence-corrected chi connectivity index (χ3v) is 3.30. The zero-order valence-corrected chi connectivity index (χ0v) is 10.3. The number of rotatable bonds is 2. The average molecular weight is 269 g/mol. The van der Waals surface area contributed by atoms with Crippen molar-refractivity contribution in [2.45, 2.75) is 18.2 Å². The molecule has 0 spiro atoms. The van der Waals surface area contributed by atoms with Gasteiger partial charge < -0.3 is 5.73 Å². The Balaban J connectivity index is 2.63. The largest absolute Gasteiger partial charge is 0.399 e. The van der Waals surface area contributed by atoms with Crippen molar-refractivity contribution in [3.05, 3.63) is 18.2 Å². The molecule has 2 rings (SSSR count). The second-order valence-electron chi connectivity index (χ2n) is 3.92. The van der Waals surface area contributed by atoms with Crippen LogP contribution in [0.4, 0.5) is 11.4 Å². The Bertz CT molecular complexity index is 651. The first-order valence-corrected chi connectivity index (χ1v) is 6.47. The van der Waals surface area contributed by atoms with E-state index in [-0.39, 0.29) is 23.7 Å². The van der Waals surface area contributed by atoms with Gasteiger partial charge in [-0.2, -0.15) is 18.5 Å². The standard InChI is InChI=1S/C10H11N3O4S/c1-6-4-10(14)13(12-6)8-5-7(11)2-3-9(8)18(15,16)17/h2-3,5H,4,11H2,1H3,(H,15,16,17). The highest BCUT2D eigenvalue weighted by Crippen LogP contribution is 2.30. The summed E-state index contributed by atoms with van der Waals surface area (Å²) >= 11 is 0. The molecule has 0 saturated heterocycles. The lowest BCUT2D eigenvalue weighted by atomic mass is 10.2. The second-order valence-corrected chi connectivity index (χ2v) is 5.31. The molecular weight excluding hydrogens is 258 g/mol. The maximum absolute atomic E-state index is 11.7. The van der Waals surface area contributed by atoms with Gasteiger partial charge >= 0.3 is 0 Å². The predicted molar refractivity (Wildman–Crippen MR) is 65.9 cm³/mol. The number of nitrogens with two attached hydrogens (primary N) is 1. The third-order valence-electron chi connectivity index (χ3n) is 2.40. The number of carbonyl (C=O) groups is 1. The highest BCUT2D eigenvalue weighted by atomic mass is 32.2. The third kappa shape index (κ3) is 2.20. The molecule has 0 aromatic heterocycles. The SMILES string of the molecule is CC1=NN(c2cc(N)ccc2S(=O)(=O)O)C(=O)C1. The zero-order chi connectivity index (χ0) is 13.5. The lowest BCUT2D eigenvalue weighted by molar-refractivity contribution is -0.116. The molecule has 3 N–H and O–H groups in total. The zero-order valence-electron chi connectivity index (χ0n) is 9.49. The van der Waals surface area contributed by atoms with Crippen molar-refractivity contribution in [3.63, 3.8) is 0 Å². The van der Waals surface area contributed by atoms with Gasteiger partial charge in [0.15, 0.2) is 0 Å². The highest BCUT2D eigenvalue weighted by Gasteiger charge is 2.28. The fourth-order valence-corrected chi connectivity index (χ4v) is 2.31. The van der Waals surface area contributed by atoms with E-state index in [2.05, 4.69) is 5.10 Å². The molecule has 1 amide bonds. The molecule has 1 aromatic carbocycles. The Labute approximate surface area is 104 Å². The van der Waals surface area contributed by atoms with E-state index in [0.717, 1.165) is 11.1 Å². The van der Waals surface area contributed by atoms with Crippen LogP contribution >= 0.6 is 0 Å². The fourth-order valence-electron chi connectivity index (χ4n) is 1.66. The van der Waals surface area contributed by atoms with Crippen LogP contribution in [0.3, 0.4) is 0 Å². The van der Waals surface area contributed by atoms with Crippen molar-refractivity contribution < 1.29 is 17.8 Å². The van der Waals surface area contributed by atoms with E-state index in [9.17, 15) is 13.2 Å². The summed E-state index contributed by atoms with van der Waals surface area (Å²) in [6.45, 7) is 1.65. The van der Waals surface area contributed by atoms with Gasteiger partial charge in [0.1, 0.15) is 4.90 Å². The number of hydrogen-bond donors (Lipinski definition) is 2. The molecule has 0 bridgehead atoms. The number of carbonyl (C=O) groups excluding carboxylic acids is 1. The fraction of sp³-hybridized carbons (Fsp3) is 0.200. The Morgan fingerprint density at radius 1 is 1.44 bits per heavy atom. The summed E-state index contributed by atoms with van der Waals surface area (Å²) in [5.74, 6) is -0.372. The molecule has 0 radical (unpaired) electrons. The van der Waals surface area contributed by atoms with Gasteiger partial charge in [0.05, 0.1) is 12.1 Å². The number of nitrogens with zero attached hydrogens (tertiary/aromatic N) is 2. The van der Waals surface area contributed by atoms with Crippen LogP contribution in [-0.2, 0) is 14.9 Å². The number of hydrogen-bond acceptors (Lipinski definition) is 5. The number of amides is 1. The van der Waals surface area contributed by atoms with Crippen LogP contribution < -0.4 is 10.7 Å². The van der Waals surface area contributed by atoms with Gasteiger partial charge in [-0.15, -0.1) is 0 Å². The van der Waals surface area contributed by atoms with E-state index < -0.39 is 15.0 Å². The summed E-state index contributed by atoms with van der Waals surface area (Å²) in [4.78, 5) is 11.3. The maximum Gasteiger partial charge on any atom is 0.296 e. The van der Waals surface area contributed by atoms with Crippen LogP contribution in [0.25, 0.3) is 0 Å². The number of hydrazone groups is 1. The van der Waals surface area contributed by atoms with E-state index in [1.807, 2.05) is 0 Å². The van der Waals surface area contributed by atoms with Crippen molar-refractivity contribution in [1.29, 1.82) is 0 Å². The van der Waals surface area contributed by atoms with Gasteiger partial charge in [-0.3, -0.25) is 9.35 Å². The van der Waals surface area contributed by atoms with Gasteiger partial charge in [-0.1, -0.05) is 0 Å². The van der Waals surface area contributed by atoms with E-state index in [4.69, 9.17) is 10.3 Å². The molecule has 1 aliphatic rings. The van der Waals surface area contributed by atoms with Gasteiger partial charge in [0, 0.05) is 11.4 Å². The first kappa shape index (κ1) is 12.5. The van der Waals surface area contributed by atoms with Crippen LogP contribution in [0, 0.1) is 0 Å². The molecule has 1 aliphatic heterocycles. The van der Waals surface area contributed by atoms with Gasteiger partial charge in [0.2, 0.25) is 0 Å². The summed E-state index contributed by atoms with van der Waals surface area (Å²) in [6.07, 6.45) is 0.111. The van der Waals surface area contributed by atoms with Crippen molar-refractivity contribution in [1.82, 2.24) is 0 Å². The van der Waals surface area contributed by atoms with E-state index in [1.54, 1.807) is 6.92 Å². The quantitative estimate of drug-likeness (QED) is 0.603. The Morgan fingerprint density at radius 3 is 2.61 bits per heavy atom. The maximum atomic E-state index is 11.7. The molecule has 96 valence electrons. The van der Waals surface area contributed by atoms with Gasteiger partial charge in [-0.25, -0.2) is 0 Å². The lowest BCUT2D eigenvalue weighted by Gasteiger charge is -2.15. The summed E-state index contributed by atoms with van der Waals surface area (Å²) in [5, 5.41) is 4.86. The summed E-state index contributed by atoms with van der Waals surface area (Å²) in [7, 11) is -4.45. The topological polar surface area (TPSA) is 113 Å². The van der Waals surface area contributed by atoms with E-state index >= 15 is 0 Å². The van der Waals surface area contributed by atoms with E-state index in [1.165, 1.54) is 12.1 Å². The van der Waals surface area contributed by atoms with Crippen LogP contribution in [0.1, 0.15) is 13.3 Å².